The number of nitrogens with two attached hydrogens (primary N) is 1. The van der Waals surface area contributed by atoms with Crippen molar-refractivity contribution in [1.82, 2.24) is 0 Å². The first-order chi connectivity index (χ1) is 6.24. The summed E-state index contributed by atoms with van der Waals surface area (Å²) >= 11 is 0. The average molecular weight is 174 g/mol. The predicted molar refractivity (Wildman–Crippen MR) is 51.8 cm³/mol. The van der Waals surface area contributed by atoms with Gasteiger partial charge in [0.25, 0.3) is 0 Å². The Morgan fingerprint density at radius 1 is 1.54 bits per heavy atom. The predicted octanol–water partition coefficient (Wildman–Crippen LogP) is 1.90. The third-order valence-electron chi connectivity index (χ3n) is 1.56. The lowest BCUT2D eigenvalue weighted by molar-refractivity contribution is 0.474. The Morgan fingerprint density at radius 3 is 3.00 bits per heavy atom. The molecule has 0 aliphatic heterocycles. The number of aromatic hydroxyl groups is 1. The topological polar surface area (TPSA) is 70.0 Å². The van der Waals surface area contributed by atoms with E-state index >= 15 is 0 Å². The second-order valence-corrected chi connectivity index (χ2v) is 2.58. The van der Waals surface area contributed by atoms with Crippen LogP contribution in [0, 0.1) is 11.3 Å². The summed E-state index contributed by atoms with van der Waals surface area (Å²) in [6, 6.07) is 6.78. The van der Waals surface area contributed by atoms with Gasteiger partial charge in [0.1, 0.15) is 5.75 Å². The molecule has 0 amide bonds. The van der Waals surface area contributed by atoms with Crippen molar-refractivity contribution in [2.75, 3.05) is 5.73 Å². The number of benzene rings is 1. The third-order valence-corrected chi connectivity index (χ3v) is 1.56. The zero-order valence-electron chi connectivity index (χ0n) is 7.07. The van der Waals surface area contributed by atoms with E-state index in [0.29, 0.717) is 17.7 Å². The van der Waals surface area contributed by atoms with Crippen molar-refractivity contribution in [2.24, 2.45) is 0 Å². The largest absolute Gasteiger partial charge is 0.507 e. The lowest BCUT2D eigenvalue weighted by Gasteiger charge is -1.99. The zero-order valence-corrected chi connectivity index (χ0v) is 7.07. The number of phenols is 1. The van der Waals surface area contributed by atoms with Gasteiger partial charge >= 0.3 is 0 Å². The minimum Gasteiger partial charge on any atom is -0.507 e. The molecule has 0 atom stereocenters. The molecule has 1 aromatic carbocycles. The van der Waals surface area contributed by atoms with Crippen molar-refractivity contribution in [3.8, 4) is 11.8 Å². The number of rotatable bonds is 2. The first-order valence-corrected chi connectivity index (χ1v) is 3.86. The van der Waals surface area contributed by atoms with Crippen LogP contribution in [0.25, 0.3) is 6.08 Å². The van der Waals surface area contributed by atoms with E-state index in [1.54, 1.807) is 24.3 Å². The molecule has 3 heteroatoms. The summed E-state index contributed by atoms with van der Waals surface area (Å²) in [5.41, 5.74) is 6.75. The van der Waals surface area contributed by atoms with E-state index in [0.717, 1.165) is 0 Å². The van der Waals surface area contributed by atoms with Gasteiger partial charge in [-0.2, -0.15) is 5.26 Å². The van der Waals surface area contributed by atoms with Crippen LogP contribution in [-0.2, 0) is 0 Å². The third kappa shape index (κ3) is 2.53. The SMILES string of the molecule is N#CCC=Cc1cc(N)ccc1O. The normalized spacial score (nSPS) is 10.1. The number of allylic oxidation sites excluding steroid dienone is 1. The van der Waals surface area contributed by atoms with Crippen LogP contribution < -0.4 is 5.73 Å². The van der Waals surface area contributed by atoms with Crippen molar-refractivity contribution in [3.63, 3.8) is 0 Å². The molecule has 1 rings (SSSR count). The maximum absolute atomic E-state index is 9.34. The van der Waals surface area contributed by atoms with Crippen LogP contribution in [0.1, 0.15) is 12.0 Å². The van der Waals surface area contributed by atoms with Crippen molar-refractivity contribution < 1.29 is 5.11 Å². The molecule has 66 valence electrons. The van der Waals surface area contributed by atoms with Crippen LogP contribution in [0.5, 0.6) is 5.75 Å². The highest BCUT2D eigenvalue weighted by atomic mass is 16.3. The van der Waals surface area contributed by atoms with Gasteiger partial charge < -0.3 is 10.8 Å². The summed E-state index contributed by atoms with van der Waals surface area (Å²) in [4.78, 5) is 0. The summed E-state index contributed by atoms with van der Waals surface area (Å²) in [6.07, 6.45) is 3.68. The number of nitriles is 1. The highest BCUT2D eigenvalue weighted by molar-refractivity contribution is 5.62. The summed E-state index contributed by atoms with van der Waals surface area (Å²) in [7, 11) is 0. The second kappa shape index (κ2) is 4.17. The molecule has 0 saturated carbocycles. The summed E-state index contributed by atoms with van der Waals surface area (Å²) in [6.45, 7) is 0. The fourth-order valence-electron chi connectivity index (χ4n) is 0.945. The number of nitrogen functional groups attached to an aromatic ring is 1. The van der Waals surface area contributed by atoms with E-state index < -0.39 is 0 Å². The molecule has 0 bridgehead atoms. The van der Waals surface area contributed by atoms with Crippen LogP contribution in [0.2, 0.25) is 0 Å². The van der Waals surface area contributed by atoms with E-state index in [2.05, 4.69) is 0 Å². The summed E-state index contributed by atoms with van der Waals surface area (Å²) < 4.78 is 0. The van der Waals surface area contributed by atoms with Crippen molar-refractivity contribution in [2.45, 2.75) is 6.42 Å². The van der Waals surface area contributed by atoms with E-state index in [9.17, 15) is 5.11 Å². The smallest absolute Gasteiger partial charge is 0.122 e. The number of anilines is 1. The maximum atomic E-state index is 9.34. The molecule has 0 saturated heterocycles. The molecular weight excluding hydrogens is 164 g/mol. The Morgan fingerprint density at radius 2 is 2.31 bits per heavy atom. The highest BCUT2D eigenvalue weighted by Crippen LogP contribution is 2.20. The van der Waals surface area contributed by atoms with Gasteiger partial charge in [0, 0.05) is 11.3 Å². The minimum atomic E-state index is 0.170. The van der Waals surface area contributed by atoms with Crippen LogP contribution in [0.4, 0.5) is 5.69 Å². The first kappa shape index (κ1) is 9.14. The van der Waals surface area contributed by atoms with Crippen molar-refractivity contribution in [1.29, 1.82) is 5.26 Å². The fraction of sp³-hybridized carbons (Fsp3) is 0.100. The Balaban J connectivity index is 2.88. The minimum absolute atomic E-state index is 0.170. The highest BCUT2D eigenvalue weighted by Gasteiger charge is 1.96. The average Bonchev–Trinajstić information content (AvgIpc) is 2.11. The van der Waals surface area contributed by atoms with E-state index in [-0.39, 0.29) is 5.75 Å². The molecule has 0 aliphatic rings. The van der Waals surface area contributed by atoms with E-state index in [1.165, 1.54) is 6.07 Å². The molecule has 0 aromatic heterocycles. The van der Waals surface area contributed by atoms with Gasteiger partial charge in [-0.15, -0.1) is 0 Å². The first-order valence-electron chi connectivity index (χ1n) is 3.86. The molecular formula is C10H10N2O. The number of nitrogens with zero attached hydrogens (tertiary/aromatic N) is 1. The molecule has 0 spiro atoms. The van der Waals surface area contributed by atoms with Crippen LogP contribution in [0.15, 0.2) is 24.3 Å². The molecule has 0 fully saturated rings. The van der Waals surface area contributed by atoms with Gasteiger partial charge in [-0.25, -0.2) is 0 Å². The van der Waals surface area contributed by atoms with Gasteiger partial charge in [-0.05, 0) is 18.2 Å². The zero-order chi connectivity index (χ0) is 9.68. The van der Waals surface area contributed by atoms with Gasteiger partial charge in [-0.3, -0.25) is 0 Å². The molecule has 0 unspecified atom stereocenters. The van der Waals surface area contributed by atoms with Gasteiger partial charge in [0.15, 0.2) is 0 Å². The lowest BCUT2D eigenvalue weighted by atomic mass is 10.1. The number of hydrogen-bond donors (Lipinski definition) is 2. The Kier molecular flexibility index (Phi) is 2.93. The quantitative estimate of drug-likeness (QED) is 0.531. The van der Waals surface area contributed by atoms with Crippen LogP contribution in [0.3, 0.4) is 0 Å². The van der Waals surface area contributed by atoms with Crippen LogP contribution >= 0.6 is 0 Å². The van der Waals surface area contributed by atoms with Gasteiger partial charge in [0.2, 0.25) is 0 Å². The summed E-state index contributed by atoms with van der Waals surface area (Å²) in [5, 5.41) is 17.6. The van der Waals surface area contributed by atoms with Gasteiger partial charge in [0.05, 0.1) is 12.5 Å². The summed E-state index contributed by atoms with van der Waals surface area (Å²) in [5.74, 6) is 0.170. The number of phenolic OH excluding ortho intramolecular Hbond substituents is 1. The Hall–Kier alpha value is -1.95. The Labute approximate surface area is 76.7 Å². The molecule has 0 aliphatic carbocycles. The lowest BCUT2D eigenvalue weighted by Crippen LogP contribution is -1.84. The standard InChI is InChI=1S/C10H10N2O/c11-6-2-1-3-8-7-9(12)4-5-10(8)13/h1,3-5,7,13H,2,12H2. The number of hydrogen-bond acceptors (Lipinski definition) is 3. The fourth-order valence-corrected chi connectivity index (χ4v) is 0.945. The molecule has 1 aromatic rings. The molecule has 0 radical (unpaired) electrons. The maximum Gasteiger partial charge on any atom is 0.122 e. The molecule has 13 heavy (non-hydrogen) atoms. The van der Waals surface area contributed by atoms with Gasteiger partial charge in [-0.1, -0.05) is 12.2 Å². The molecule has 3 nitrogen and oxygen atoms in total. The monoisotopic (exact) mass is 174 g/mol. The van der Waals surface area contributed by atoms with Crippen molar-refractivity contribution in [3.05, 3.63) is 29.8 Å². The van der Waals surface area contributed by atoms with Crippen LogP contribution in [-0.4, -0.2) is 5.11 Å². The molecule has 3 N–H and O–H groups in total. The molecule has 0 heterocycles. The second-order valence-electron chi connectivity index (χ2n) is 2.58. The Bertz CT molecular complexity index is 364. The van der Waals surface area contributed by atoms with E-state index in [4.69, 9.17) is 11.0 Å². The van der Waals surface area contributed by atoms with E-state index in [1.807, 2.05) is 6.07 Å². The van der Waals surface area contributed by atoms with Crippen molar-refractivity contribution >= 4 is 11.8 Å².